The molecule has 2 aliphatic rings. The van der Waals surface area contributed by atoms with Crippen molar-refractivity contribution >= 4 is 41.0 Å². The first-order valence-corrected chi connectivity index (χ1v) is 19.7. The van der Waals surface area contributed by atoms with Crippen molar-refractivity contribution in [2.75, 3.05) is 20.6 Å². The second-order valence-electron chi connectivity index (χ2n) is 15.3. The molecule has 2 fully saturated rings. The number of carboxylic acids is 1. The fraction of sp³-hybridized carbons (Fsp3) is 0.684. The molecular formula is C38H57N7O7S. The number of rotatable bonds is 19. The smallest absolute Gasteiger partial charge is 0.306 e. The van der Waals surface area contributed by atoms with Gasteiger partial charge in [-0.05, 0) is 70.0 Å². The van der Waals surface area contributed by atoms with Crippen LogP contribution in [0, 0.1) is 24.7 Å². The van der Waals surface area contributed by atoms with Crippen molar-refractivity contribution in [3.8, 4) is 0 Å². The van der Waals surface area contributed by atoms with Crippen LogP contribution in [0.1, 0.15) is 118 Å². The van der Waals surface area contributed by atoms with E-state index in [1.165, 1.54) is 18.3 Å². The summed E-state index contributed by atoms with van der Waals surface area (Å²) in [6.45, 7) is 9.62. The molecule has 4 rings (SSSR count). The fourth-order valence-electron chi connectivity index (χ4n) is 6.92. The number of aromatic nitrogens is 3. The van der Waals surface area contributed by atoms with Crippen LogP contribution in [0.4, 0.5) is 0 Å². The number of aryl methyl sites for hydroxylation is 2. The first-order valence-electron chi connectivity index (χ1n) is 18.8. The zero-order chi connectivity index (χ0) is 38.8. The summed E-state index contributed by atoms with van der Waals surface area (Å²) in [4.78, 5) is 82.0. The number of carbonyl (C=O) groups is 5. The molecule has 1 aliphatic carbocycles. The maximum Gasteiger partial charge on any atom is 0.306 e. The zero-order valence-electron chi connectivity index (χ0n) is 32.2. The average Bonchev–Trinajstić information content (AvgIpc) is 3.79. The lowest BCUT2D eigenvalue weighted by Gasteiger charge is -2.37. The van der Waals surface area contributed by atoms with Crippen molar-refractivity contribution < 1.29 is 33.8 Å². The van der Waals surface area contributed by atoms with Gasteiger partial charge in [0, 0.05) is 56.7 Å². The Morgan fingerprint density at radius 1 is 1.06 bits per heavy atom. The summed E-state index contributed by atoms with van der Waals surface area (Å²) in [7, 11) is 3.68. The minimum atomic E-state index is -0.961. The Balaban J connectivity index is 1.48. The summed E-state index contributed by atoms with van der Waals surface area (Å²) in [6, 6.07) is -1.78. The highest BCUT2D eigenvalue weighted by atomic mass is 32.1. The number of nitrogens with one attached hydrogen (secondary N) is 2. The molecule has 14 nitrogen and oxygen atoms in total. The number of thiazole rings is 1. The molecule has 2 aromatic rings. The summed E-state index contributed by atoms with van der Waals surface area (Å²) in [5.41, 5.74) is 1.04. The van der Waals surface area contributed by atoms with E-state index < -0.39 is 42.0 Å². The van der Waals surface area contributed by atoms with Gasteiger partial charge in [-0.15, -0.1) is 11.3 Å². The topological polar surface area (TPSA) is 184 Å². The molecule has 53 heavy (non-hydrogen) atoms. The number of carboxylic acid groups (broad SMARTS) is 1. The van der Waals surface area contributed by atoms with Gasteiger partial charge in [-0.2, -0.15) is 0 Å². The molecular weight excluding hydrogens is 699 g/mol. The van der Waals surface area contributed by atoms with Gasteiger partial charge in [0.25, 0.3) is 5.91 Å². The number of nitrogens with zero attached hydrogens (tertiary/aromatic N) is 5. The Morgan fingerprint density at radius 2 is 1.75 bits per heavy atom. The van der Waals surface area contributed by atoms with E-state index in [4.69, 9.17) is 4.74 Å². The lowest BCUT2D eigenvalue weighted by molar-refractivity contribution is -0.149. The molecule has 3 heterocycles. The Morgan fingerprint density at radius 3 is 2.36 bits per heavy atom. The highest BCUT2D eigenvalue weighted by Crippen LogP contribution is 2.35. The van der Waals surface area contributed by atoms with Gasteiger partial charge in [0.05, 0.1) is 12.0 Å². The molecule has 0 bridgehead atoms. The molecule has 3 amide bonds. The van der Waals surface area contributed by atoms with E-state index in [1.807, 2.05) is 27.8 Å². The van der Waals surface area contributed by atoms with Crippen molar-refractivity contribution in [2.45, 2.75) is 129 Å². The summed E-state index contributed by atoms with van der Waals surface area (Å²) < 4.78 is 5.77. The summed E-state index contributed by atoms with van der Waals surface area (Å²) in [5, 5.41) is 17.6. The van der Waals surface area contributed by atoms with Gasteiger partial charge < -0.3 is 25.4 Å². The molecule has 0 unspecified atom stereocenters. The van der Waals surface area contributed by atoms with E-state index >= 15 is 0 Å². The second kappa shape index (κ2) is 19.4. The standard InChI is InChI=1S/C38H57N7O7S/c1-22(2)31(45(7)37(49)28(17-26-11-12-26)42-35(48)30-10-8-9-15-44(30)6)18-32(52-25(5)46)36-43-29(21-53-36)34(47)41-27(16-24(4)38(50)51)13-14-33-39-19-23(3)20-40-33/h19-22,24,26-28,30-32H,8-18H2,1-7H3,(H,41,47)(H,42,48)(H,50,51)/t24-,27-,28-,30+,31+,32+/m0/s1. The summed E-state index contributed by atoms with van der Waals surface area (Å²) in [5.74, 6) is -2.00. The predicted molar refractivity (Wildman–Crippen MR) is 200 cm³/mol. The molecule has 1 aliphatic heterocycles. The van der Waals surface area contributed by atoms with Crippen LogP contribution in [-0.4, -0.2) is 104 Å². The van der Waals surface area contributed by atoms with Crippen molar-refractivity contribution in [2.24, 2.45) is 17.8 Å². The van der Waals surface area contributed by atoms with E-state index in [0.717, 1.165) is 44.2 Å². The largest absolute Gasteiger partial charge is 0.481 e. The van der Waals surface area contributed by atoms with Gasteiger partial charge >= 0.3 is 11.9 Å². The number of hydrogen-bond acceptors (Lipinski definition) is 11. The number of ether oxygens (including phenoxy) is 1. The van der Waals surface area contributed by atoms with E-state index in [9.17, 15) is 29.1 Å². The molecule has 292 valence electrons. The molecule has 0 radical (unpaired) electrons. The minimum Gasteiger partial charge on any atom is -0.481 e. The van der Waals surface area contributed by atoms with Crippen LogP contribution in [0.15, 0.2) is 17.8 Å². The van der Waals surface area contributed by atoms with Gasteiger partial charge in [0.2, 0.25) is 11.8 Å². The Labute approximate surface area is 316 Å². The molecule has 6 atom stereocenters. The molecule has 1 saturated carbocycles. The van der Waals surface area contributed by atoms with Crippen molar-refractivity contribution in [3.05, 3.63) is 39.9 Å². The summed E-state index contributed by atoms with van der Waals surface area (Å²) in [6.07, 6.45) is 9.35. The normalized spacial score (nSPS) is 19.1. The van der Waals surface area contributed by atoms with E-state index in [1.54, 1.807) is 36.6 Å². The lowest BCUT2D eigenvalue weighted by atomic mass is 9.95. The third-order valence-corrected chi connectivity index (χ3v) is 11.2. The van der Waals surface area contributed by atoms with Gasteiger partial charge in [0.1, 0.15) is 22.6 Å². The summed E-state index contributed by atoms with van der Waals surface area (Å²) >= 11 is 1.18. The number of likely N-dealkylation sites (tertiary alicyclic amines) is 1. The SMILES string of the molecule is CC(=O)O[C@H](C[C@H](C(C)C)N(C)C(=O)[C@H](CC1CC1)NC(=O)[C@H]1CCCCN1C)c1nc(C(=O)N[C@@H](CCc2ncc(C)cn2)C[C@H](C)C(=O)O)cs1. The average molecular weight is 756 g/mol. The highest BCUT2D eigenvalue weighted by molar-refractivity contribution is 7.09. The number of aliphatic carboxylic acids is 1. The first-order chi connectivity index (χ1) is 25.1. The highest BCUT2D eigenvalue weighted by Gasteiger charge is 2.38. The molecule has 1 saturated heterocycles. The first kappa shape index (κ1) is 41.8. The van der Waals surface area contributed by atoms with E-state index in [-0.39, 0.29) is 48.4 Å². The van der Waals surface area contributed by atoms with E-state index in [0.29, 0.717) is 36.0 Å². The van der Waals surface area contributed by atoms with Gasteiger partial charge in [0.15, 0.2) is 6.10 Å². The Kier molecular flexibility index (Phi) is 15.3. The maximum absolute atomic E-state index is 14.1. The number of piperidine rings is 1. The third kappa shape index (κ3) is 12.5. The predicted octanol–water partition coefficient (Wildman–Crippen LogP) is 4.33. The van der Waals surface area contributed by atoms with Crippen LogP contribution in [0.2, 0.25) is 0 Å². The third-order valence-electron chi connectivity index (χ3n) is 10.3. The number of esters is 1. The molecule has 0 spiro atoms. The lowest BCUT2D eigenvalue weighted by Crippen LogP contribution is -2.56. The molecule has 0 aromatic carbocycles. The van der Waals surface area contributed by atoms with Crippen LogP contribution in [-0.2, 0) is 30.3 Å². The quantitative estimate of drug-likeness (QED) is 0.174. The van der Waals surface area contributed by atoms with Crippen LogP contribution < -0.4 is 10.6 Å². The number of hydrogen-bond donors (Lipinski definition) is 3. The number of likely N-dealkylation sites (N-methyl/N-ethyl adjacent to an activating group) is 2. The zero-order valence-corrected chi connectivity index (χ0v) is 33.0. The molecule has 3 N–H and O–H groups in total. The van der Waals surface area contributed by atoms with Crippen LogP contribution in [0.5, 0.6) is 0 Å². The van der Waals surface area contributed by atoms with Crippen molar-refractivity contribution in [1.29, 1.82) is 0 Å². The van der Waals surface area contributed by atoms with Gasteiger partial charge in [-0.25, -0.2) is 15.0 Å². The molecule has 15 heteroatoms. The fourth-order valence-corrected chi connectivity index (χ4v) is 7.76. The minimum absolute atomic E-state index is 0.0408. The van der Waals surface area contributed by atoms with Gasteiger partial charge in [-0.3, -0.25) is 28.9 Å². The Bertz CT molecular complexity index is 1560. The second-order valence-corrected chi connectivity index (χ2v) is 16.1. The number of amides is 3. The Hall–Kier alpha value is -3.98. The maximum atomic E-state index is 14.1. The van der Waals surface area contributed by atoms with Crippen LogP contribution >= 0.6 is 11.3 Å². The van der Waals surface area contributed by atoms with Crippen molar-refractivity contribution in [1.82, 2.24) is 35.4 Å². The molecule has 2 aromatic heterocycles. The van der Waals surface area contributed by atoms with E-state index in [2.05, 4.69) is 30.5 Å². The van der Waals surface area contributed by atoms with Crippen LogP contribution in [0.25, 0.3) is 0 Å². The van der Waals surface area contributed by atoms with Crippen LogP contribution in [0.3, 0.4) is 0 Å². The van der Waals surface area contributed by atoms with Crippen molar-refractivity contribution in [3.63, 3.8) is 0 Å². The monoisotopic (exact) mass is 755 g/mol. The van der Waals surface area contributed by atoms with Gasteiger partial charge in [-0.1, -0.05) is 40.0 Å². The number of carbonyl (C=O) groups excluding carboxylic acids is 4.